The molecule has 4 aromatic rings. The summed E-state index contributed by atoms with van der Waals surface area (Å²) in [4.78, 5) is 22.8. The lowest BCUT2D eigenvalue weighted by atomic mass is 10.2. The van der Waals surface area contributed by atoms with Crippen molar-refractivity contribution in [2.24, 2.45) is 0 Å². The number of non-ortho nitro benzene ring substituents is 1. The molecular formula is C29H25N5O7. The fourth-order valence-electron chi connectivity index (χ4n) is 3.91. The zero-order chi connectivity index (χ0) is 28.6. The van der Waals surface area contributed by atoms with Crippen molar-refractivity contribution in [3.05, 3.63) is 112 Å². The first kappa shape index (κ1) is 26.9. The number of hydrogen-bond acceptors (Lipinski definition) is 9. The molecule has 0 saturated carbocycles. The molecule has 0 saturated heterocycles. The Hall–Kier alpha value is -5.65. The Morgan fingerprint density at radius 2 is 1.98 bits per heavy atom. The van der Waals surface area contributed by atoms with Gasteiger partial charge in [0.2, 0.25) is 12.7 Å². The summed E-state index contributed by atoms with van der Waals surface area (Å²) in [7, 11) is 1.53. The van der Waals surface area contributed by atoms with E-state index in [1.807, 2.05) is 30.3 Å². The van der Waals surface area contributed by atoms with Crippen LogP contribution in [0.15, 0.2) is 85.1 Å². The van der Waals surface area contributed by atoms with E-state index in [4.69, 9.17) is 18.9 Å². The number of ether oxygens (including phenoxy) is 4. The van der Waals surface area contributed by atoms with Gasteiger partial charge >= 0.3 is 0 Å². The summed E-state index contributed by atoms with van der Waals surface area (Å²) in [6.07, 6.45) is 8.37. The summed E-state index contributed by atoms with van der Waals surface area (Å²) in [5, 5.41) is 22.0. The predicted octanol–water partition coefficient (Wildman–Crippen LogP) is 4.38. The van der Waals surface area contributed by atoms with Crippen molar-refractivity contribution in [1.29, 1.82) is 0 Å². The van der Waals surface area contributed by atoms with Gasteiger partial charge < -0.3 is 24.3 Å². The molecule has 0 fully saturated rings. The lowest BCUT2D eigenvalue weighted by molar-refractivity contribution is -0.384. The zero-order valence-corrected chi connectivity index (χ0v) is 21.9. The first-order valence-corrected chi connectivity index (χ1v) is 12.5. The van der Waals surface area contributed by atoms with Gasteiger partial charge in [0, 0.05) is 24.8 Å². The van der Waals surface area contributed by atoms with Crippen molar-refractivity contribution in [2.45, 2.75) is 13.2 Å². The molecule has 1 aliphatic rings. The number of fused-ring (bicyclic) bond motifs is 1. The number of carbonyl (C=O) groups is 1. The summed E-state index contributed by atoms with van der Waals surface area (Å²) < 4.78 is 23.4. The van der Waals surface area contributed by atoms with Crippen LogP contribution in [0.4, 0.5) is 5.69 Å². The molecule has 0 radical (unpaired) electrons. The first-order chi connectivity index (χ1) is 20.0. The highest BCUT2D eigenvalue weighted by Crippen LogP contribution is 2.33. The fourth-order valence-corrected chi connectivity index (χ4v) is 3.91. The molecule has 1 amide bonds. The Kier molecular flexibility index (Phi) is 8.19. The second-order valence-electron chi connectivity index (χ2n) is 8.75. The van der Waals surface area contributed by atoms with E-state index in [0.29, 0.717) is 35.2 Å². The number of rotatable bonds is 11. The molecule has 12 nitrogen and oxygen atoms in total. The smallest absolute Gasteiger partial charge is 0.271 e. The molecule has 0 aliphatic carbocycles. The summed E-state index contributed by atoms with van der Waals surface area (Å²) >= 11 is 0. The van der Waals surface area contributed by atoms with Gasteiger partial charge in [0.15, 0.2) is 23.0 Å². The molecule has 0 atom stereocenters. The number of hydrogen-bond donors (Lipinski definition) is 1. The summed E-state index contributed by atoms with van der Waals surface area (Å²) in [6.45, 7) is 0.621. The maximum Gasteiger partial charge on any atom is 0.271 e. The molecule has 0 spiro atoms. The van der Waals surface area contributed by atoms with Gasteiger partial charge in [0.05, 0.1) is 23.9 Å². The predicted molar refractivity (Wildman–Crippen MR) is 148 cm³/mol. The number of nitrogens with zero attached hydrogens (tertiary/aromatic N) is 4. The number of aromatic nitrogens is 3. The Morgan fingerprint density at radius 1 is 1.10 bits per heavy atom. The topological polar surface area (TPSA) is 140 Å². The van der Waals surface area contributed by atoms with Crippen molar-refractivity contribution in [3.63, 3.8) is 0 Å². The minimum atomic E-state index is -0.468. The second-order valence-corrected chi connectivity index (χ2v) is 8.75. The fraction of sp³-hybridized carbons (Fsp3) is 0.138. The van der Waals surface area contributed by atoms with Crippen LogP contribution in [0, 0.1) is 10.1 Å². The maximum atomic E-state index is 12.2. The number of benzene rings is 3. The lowest BCUT2D eigenvalue weighted by Gasteiger charge is -2.11. The Labute approximate surface area is 234 Å². The summed E-state index contributed by atoms with van der Waals surface area (Å²) in [5.41, 5.74) is 2.75. The van der Waals surface area contributed by atoms with Gasteiger partial charge in [-0.3, -0.25) is 14.9 Å². The van der Waals surface area contributed by atoms with Gasteiger partial charge in [-0.25, -0.2) is 4.68 Å². The van der Waals surface area contributed by atoms with Crippen LogP contribution < -0.4 is 24.3 Å². The second kappa shape index (κ2) is 12.5. The van der Waals surface area contributed by atoms with Gasteiger partial charge in [-0.1, -0.05) is 41.6 Å². The largest absolute Gasteiger partial charge is 0.493 e. The van der Waals surface area contributed by atoms with E-state index in [-0.39, 0.29) is 25.0 Å². The maximum absolute atomic E-state index is 12.2. The number of amides is 1. The molecule has 5 rings (SSSR count). The van der Waals surface area contributed by atoms with E-state index < -0.39 is 4.92 Å². The lowest BCUT2D eigenvalue weighted by Crippen LogP contribution is -2.20. The normalized spacial score (nSPS) is 12.1. The number of nitro groups is 1. The molecule has 0 unspecified atom stereocenters. The van der Waals surface area contributed by atoms with E-state index in [1.54, 1.807) is 42.6 Å². The number of carbonyl (C=O) groups excluding carboxylic acids is 1. The van der Waals surface area contributed by atoms with Crippen molar-refractivity contribution in [1.82, 2.24) is 20.3 Å². The molecule has 208 valence electrons. The highest BCUT2D eigenvalue weighted by Gasteiger charge is 2.13. The molecule has 3 aromatic carbocycles. The van der Waals surface area contributed by atoms with Crippen LogP contribution >= 0.6 is 0 Å². The average molecular weight is 556 g/mol. The molecule has 0 bridgehead atoms. The number of nitro benzene ring substituents is 1. The summed E-state index contributed by atoms with van der Waals surface area (Å²) in [6, 6.07) is 17.1. The minimum Gasteiger partial charge on any atom is -0.493 e. The van der Waals surface area contributed by atoms with Crippen molar-refractivity contribution in [2.75, 3.05) is 13.9 Å². The van der Waals surface area contributed by atoms with Gasteiger partial charge in [-0.15, -0.1) is 5.10 Å². The molecule has 1 N–H and O–H groups in total. The van der Waals surface area contributed by atoms with Crippen LogP contribution in [0.2, 0.25) is 0 Å². The Morgan fingerprint density at radius 3 is 2.83 bits per heavy atom. The van der Waals surface area contributed by atoms with E-state index in [1.165, 1.54) is 30.0 Å². The molecule has 1 aliphatic heterocycles. The van der Waals surface area contributed by atoms with E-state index in [2.05, 4.69) is 15.6 Å². The first-order valence-electron chi connectivity index (χ1n) is 12.5. The van der Waals surface area contributed by atoms with Crippen LogP contribution in [0.25, 0.3) is 11.8 Å². The number of nitrogens with one attached hydrogen (secondary N) is 1. The standard InChI is InChI=1S/C29H25N5O7/c1-38-27-14-21(16-30-29(35)8-3-2-5-20-9-11-26-28(13-20)41-19-40-26)10-12-25(27)39-18-22-17-33(32-31-22)23-6-4-7-24(15-23)34(36)37/h2-15,17H,16,18-19H2,1H3,(H,30,35)/b5-2+,8-3+. The van der Waals surface area contributed by atoms with Crippen molar-refractivity contribution < 1.29 is 28.7 Å². The molecule has 12 heteroatoms. The number of allylic oxidation sites excluding steroid dienone is 2. The highest BCUT2D eigenvalue weighted by molar-refractivity contribution is 5.87. The zero-order valence-electron chi connectivity index (χ0n) is 21.9. The molecule has 1 aromatic heterocycles. The third-order valence-corrected chi connectivity index (χ3v) is 5.96. The van der Waals surface area contributed by atoms with Gasteiger partial charge in [0.1, 0.15) is 12.3 Å². The SMILES string of the molecule is COc1cc(CNC(=O)/C=C/C=C/c2ccc3c(c2)OCO3)ccc1OCc1cn(-c2cccc([N+](=O)[O-])c2)nn1. The number of methoxy groups -OCH3 is 1. The highest BCUT2D eigenvalue weighted by atomic mass is 16.7. The third kappa shape index (κ3) is 6.87. The van der Waals surface area contributed by atoms with Crippen molar-refractivity contribution in [3.8, 4) is 28.7 Å². The quantitative estimate of drug-likeness (QED) is 0.124. The Balaban J connectivity index is 1.12. The van der Waals surface area contributed by atoms with Gasteiger partial charge in [-0.05, 0) is 41.5 Å². The van der Waals surface area contributed by atoms with E-state index in [0.717, 1.165) is 16.9 Å². The molecule has 2 heterocycles. The molecular weight excluding hydrogens is 530 g/mol. The van der Waals surface area contributed by atoms with Crippen LogP contribution in [0.5, 0.6) is 23.0 Å². The third-order valence-electron chi connectivity index (χ3n) is 5.96. The van der Waals surface area contributed by atoms with Gasteiger partial charge in [0.25, 0.3) is 5.69 Å². The van der Waals surface area contributed by atoms with E-state index >= 15 is 0 Å². The van der Waals surface area contributed by atoms with Crippen molar-refractivity contribution >= 4 is 17.7 Å². The van der Waals surface area contributed by atoms with E-state index in [9.17, 15) is 14.9 Å². The van der Waals surface area contributed by atoms with Gasteiger partial charge in [-0.2, -0.15) is 0 Å². The summed E-state index contributed by atoms with van der Waals surface area (Å²) in [5.74, 6) is 2.15. The Bertz CT molecular complexity index is 1630. The monoisotopic (exact) mass is 555 g/mol. The van der Waals surface area contributed by atoms with Crippen LogP contribution in [-0.4, -0.2) is 39.7 Å². The minimum absolute atomic E-state index is 0.0395. The molecule has 41 heavy (non-hydrogen) atoms. The van der Waals surface area contributed by atoms with Crippen LogP contribution in [0.1, 0.15) is 16.8 Å². The average Bonchev–Trinajstić information content (AvgIpc) is 3.67. The van der Waals surface area contributed by atoms with Crippen LogP contribution in [0.3, 0.4) is 0 Å². The van der Waals surface area contributed by atoms with Crippen LogP contribution in [-0.2, 0) is 17.9 Å².